The van der Waals surface area contributed by atoms with Crippen molar-refractivity contribution in [1.29, 1.82) is 0 Å². The van der Waals surface area contributed by atoms with Gasteiger partial charge in [0.05, 0.1) is 28.8 Å². The molecule has 0 fully saturated rings. The molecule has 46 heavy (non-hydrogen) atoms. The van der Waals surface area contributed by atoms with E-state index in [1.807, 2.05) is 0 Å². The summed E-state index contributed by atoms with van der Waals surface area (Å²) in [6.07, 6.45) is 3.19. The third kappa shape index (κ3) is 7.82. The molecular formula is C31H31N7O8. The standard InChI is InChI=1S/C31H31N7O8/c1-4-12-38(31(43)45-17-44-30(42)20-7-9-22(39)10-8-20)29(41)23-15-33-26(19(23)3)27(34-16-32)35-24-14-21(6-5-18(24)2)28(40)36-25-11-13-46-37-25/h5-11,13-16,33,39H,4,12,17H2,1-3H3,(H2,32,34,35)(H,36,37,40). The smallest absolute Gasteiger partial charge is 0.419 e. The molecule has 2 aromatic carbocycles. The number of benzene rings is 2. The van der Waals surface area contributed by atoms with Crippen LogP contribution in [0.4, 0.5) is 16.3 Å². The zero-order valence-corrected chi connectivity index (χ0v) is 25.1. The third-order valence-electron chi connectivity index (χ3n) is 6.56. The Balaban J connectivity index is 1.52. The number of phenolic OH excluding ortho intramolecular Hbond substituents is 1. The van der Waals surface area contributed by atoms with Crippen molar-refractivity contribution in [2.24, 2.45) is 15.7 Å². The number of imide groups is 1. The van der Waals surface area contributed by atoms with Gasteiger partial charge in [0.15, 0.2) is 11.7 Å². The van der Waals surface area contributed by atoms with E-state index in [2.05, 4.69) is 25.4 Å². The molecule has 0 saturated heterocycles. The lowest BCUT2D eigenvalue weighted by molar-refractivity contribution is -0.0105. The largest absolute Gasteiger partial charge is 0.508 e. The molecule has 5 N–H and O–H groups in total. The first kappa shape index (κ1) is 32.7. The number of rotatable bonds is 10. The molecule has 0 aliphatic carbocycles. The summed E-state index contributed by atoms with van der Waals surface area (Å²) in [7, 11) is 0. The normalized spacial score (nSPS) is 11.3. The quantitative estimate of drug-likeness (QED) is 0.0837. The van der Waals surface area contributed by atoms with E-state index < -0.39 is 30.7 Å². The van der Waals surface area contributed by atoms with E-state index in [4.69, 9.17) is 19.7 Å². The number of esters is 1. The summed E-state index contributed by atoms with van der Waals surface area (Å²) in [6, 6.07) is 11.7. The Bertz CT molecular complexity index is 1780. The Morgan fingerprint density at radius 3 is 2.50 bits per heavy atom. The van der Waals surface area contributed by atoms with Gasteiger partial charge in [-0.25, -0.2) is 24.5 Å². The van der Waals surface area contributed by atoms with Crippen LogP contribution < -0.4 is 11.1 Å². The van der Waals surface area contributed by atoms with Crippen molar-refractivity contribution in [3.63, 3.8) is 0 Å². The van der Waals surface area contributed by atoms with Gasteiger partial charge in [0, 0.05) is 24.4 Å². The number of amidine groups is 1. The summed E-state index contributed by atoms with van der Waals surface area (Å²) < 4.78 is 14.8. The second kappa shape index (κ2) is 15.0. The molecule has 0 atom stereocenters. The molecule has 15 nitrogen and oxygen atoms in total. The molecule has 0 aliphatic rings. The van der Waals surface area contributed by atoms with Crippen molar-refractivity contribution in [3.05, 3.63) is 94.5 Å². The van der Waals surface area contributed by atoms with Crippen LogP contribution in [-0.4, -0.2) is 69.5 Å². The lowest BCUT2D eigenvalue weighted by Gasteiger charge is -2.19. The van der Waals surface area contributed by atoms with Crippen LogP contribution >= 0.6 is 0 Å². The van der Waals surface area contributed by atoms with Crippen LogP contribution in [0.15, 0.2) is 75.5 Å². The molecule has 2 aromatic heterocycles. The Morgan fingerprint density at radius 1 is 1.09 bits per heavy atom. The number of aliphatic imine (C=N–C) groups is 2. The summed E-state index contributed by atoms with van der Waals surface area (Å²) in [5.74, 6) is -1.55. The zero-order chi connectivity index (χ0) is 33.2. The molecule has 0 radical (unpaired) electrons. The molecule has 4 rings (SSSR count). The van der Waals surface area contributed by atoms with Crippen LogP contribution in [0.3, 0.4) is 0 Å². The van der Waals surface area contributed by atoms with Gasteiger partial charge in [0.25, 0.3) is 11.8 Å². The lowest BCUT2D eigenvalue weighted by Crippen LogP contribution is -2.38. The summed E-state index contributed by atoms with van der Waals surface area (Å²) in [5.41, 5.74) is 8.09. The number of hydrogen-bond acceptors (Lipinski definition) is 10. The number of nitrogens with zero attached hydrogens (tertiary/aromatic N) is 4. The lowest BCUT2D eigenvalue weighted by atomic mass is 10.1. The molecule has 0 spiro atoms. The van der Waals surface area contributed by atoms with Crippen molar-refractivity contribution in [3.8, 4) is 5.75 Å². The van der Waals surface area contributed by atoms with Crippen LogP contribution in [0, 0.1) is 13.8 Å². The number of amides is 3. The number of carbonyl (C=O) groups is 4. The maximum Gasteiger partial charge on any atom is 0.419 e. The minimum Gasteiger partial charge on any atom is -0.508 e. The predicted molar refractivity (Wildman–Crippen MR) is 166 cm³/mol. The number of aryl methyl sites for hydroxylation is 1. The van der Waals surface area contributed by atoms with Crippen molar-refractivity contribution in [2.45, 2.75) is 27.2 Å². The van der Waals surface area contributed by atoms with Crippen molar-refractivity contribution in [2.75, 3.05) is 18.7 Å². The molecule has 4 aromatic rings. The molecule has 0 saturated carbocycles. The summed E-state index contributed by atoms with van der Waals surface area (Å²) in [4.78, 5) is 63.9. The highest BCUT2D eigenvalue weighted by Gasteiger charge is 2.28. The van der Waals surface area contributed by atoms with Crippen molar-refractivity contribution in [1.82, 2.24) is 15.0 Å². The average Bonchev–Trinajstić information content (AvgIpc) is 3.69. The van der Waals surface area contributed by atoms with Gasteiger partial charge in [-0.3, -0.25) is 9.59 Å². The van der Waals surface area contributed by atoms with Crippen LogP contribution in [0.1, 0.15) is 61.2 Å². The van der Waals surface area contributed by atoms with Gasteiger partial charge < -0.3 is 35.1 Å². The number of aromatic amines is 1. The van der Waals surface area contributed by atoms with E-state index in [-0.39, 0.29) is 35.1 Å². The number of nitrogens with two attached hydrogens (primary N) is 1. The number of aromatic nitrogens is 2. The number of ether oxygens (including phenoxy) is 2. The second-order valence-corrected chi connectivity index (χ2v) is 9.72. The molecule has 0 aliphatic heterocycles. The van der Waals surface area contributed by atoms with Crippen molar-refractivity contribution >= 4 is 47.6 Å². The number of phenols is 1. The topological polar surface area (TPSA) is 215 Å². The number of aromatic hydroxyl groups is 1. The van der Waals surface area contributed by atoms with Crippen molar-refractivity contribution < 1.29 is 38.3 Å². The summed E-state index contributed by atoms with van der Waals surface area (Å²) >= 11 is 0. The molecule has 238 valence electrons. The molecule has 2 heterocycles. The van der Waals surface area contributed by atoms with Gasteiger partial charge in [-0.05, 0) is 67.8 Å². The number of nitrogens with one attached hydrogen (secondary N) is 2. The van der Waals surface area contributed by atoms with E-state index in [0.717, 1.165) is 16.8 Å². The molecule has 3 amide bonds. The predicted octanol–water partition coefficient (Wildman–Crippen LogP) is 4.45. The molecule has 15 heteroatoms. The highest BCUT2D eigenvalue weighted by atomic mass is 16.7. The van der Waals surface area contributed by atoms with Gasteiger partial charge in [-0.1, -0.05) is 18.1 Å². The van der Waals surface area contributed by atoms with Gasteiger partial charge in [0.1, 0.15) is 12.0 Å². The molecular weight excluding hydrogens is 598 g/mol. The van der Waals surface area contributed by atoms with E-state index >= 15 is 0 Å². The van der Waals surface area contributed by atoms with Gasteiger partial charge in [0.2, 0.25) is 6.79 Å². The first-order valence-corrected chi connectivity index (χ1v) is 13.9. The highest BCUT2D eigenvalue weighted by molar-refractivity contribution is 6.09. The van der Waals surface area contributed by atoms with Gasteiger partial charge in [-0.2, -0.15) is 0 Å². The number of carbonyl (C=O) groups excluding carboxylic acids is 4. The highest BCUT2D eigenvalue weighted by Crippen LogP contribution is 2.25. The van der Waals surface area contributed by atoms with E-state index in [9.17, 15) is 24.3 Å². The first-order chi connectivity index (χ1) is 22.1. The van der Waals surface area contributed by atoms with Gasteiger partial charge in [-0.15, -0.1) is 0 Å². The van der Waals surface area contributed by atoms with E-state index in [1.165, 1.54) is 42.8 Å². The van der Waals surface area contributed by atoms with Crippen LogP contribution in [0.5, 0.6) is 5.75 Å². The summed E-state index contributed by atoms with van der Waals surface area (Å²) in [5, 5.41) is 15.7. The maximum atomic E-state index is 13.5. The average molecular weight is 630 g/mol. The minimum atomic E-state index is -1.02. The molecule has 0 bridgehead atoms. The Morgan fingerprint density at radius 2 is 1.83 bits per heavy atom. The monoisotopic (exact) mass is 629 g/mol. The zero-order valence-electron chi connectivity index (χ0n) is 25.1. The number of anilines is 1. The van der Waals surface area contributed by atoms with Crippen LogP contribution in [0.2, 0.25) is 0 Å². The minimum absolute atomic E-state index is 0.0216. The van der Waals surface area contributed by atoms with Crippen LogP contribution in [0.25, 0.3) is 0 Å². The van der Waals surface area contributed by atoms with E-state index in [1.54, 1.807) is 39.0 Å². The SMILES string of the molecule is CCCN(C(=O)OCOC(=O)c1ccc(O)cc1)C(=O)c1c[nH]c(C(N=CN)=Nc2cc(C(=O)Nc3ccon3)ccc2C)c1C. The second-order valence-electron chi connectivity index (χ2n) is 9.72. The Hall–Kier alpha value is -6.25. The summed E-state index contributed by atoms with van der Waals surface area (Å²) in [6.45, 7) is 4.50. The first-order valence-electron chi connectivity index (χ1n) is 13.9. The number of hydrogen-bond donors (Lipinski definition) is 4. The Kier molecular flexibility index (Phi) is 10.6. The third-order valence-corrected chi connectivity index (χ3v) is 6.56. The maximum absolute atomic E-state index is 13.5. The fourth-order valence-electron chi connectivity index (χ4n) is 4.16. The number of H-pyrrole nitrogens is 1. The Labute approximate surface area is 262 Å². The van der Waals surface area contributed by atoms with Crippen LogP contribution in [-0.2, 0) is 9.47 Å². The molecule has 0 unspecified atom stereocenters. The van der Waals surface area contributed by atoms with Gasteiger partial charge >= 0.3 is 12.1 Å². The van der Waals surface area contributed by atoms with E-state index in [0.29, 0.717) is 28.9 Å². The fourth-order valence-corrected chi connectivity index (χ4v) is 4.16. The fraction of sp³-hybridized carbons (Fsp3) is 0.194.